The van der Waals surface area contributed by atoms with Crippen LogP contribution >= 0.6 is 0 Å². The first-order chi connectivity index (χ1) is 8.95. The molecule has 2 aliphatic rings. The Balaban J connectivity index is 2.04. The Morgan fingerprint density at radius 3 is 2.58 bits per heavy atom. The number of likely N-dealkylation sites (tertiary alicyclic amines) is 1. The van der Waals surface area contributed by atoms with Crippen molar-refractivity contribution in [3.05, 3.63) is 0 Å². The first-order valence-electron chi connectivity index (χ1n) is 7.95. The van der Waals surface area contributed by atoms with Crippen molar-refractivity contribution < 1.29 is 9.90 Å². The average molecular weight is 267 g/mol. The second-order valence-electron chi connectivity index (χ2n) is 7.04. The van der Waals surface area contributed by atoms with Crippen LogP contribution in [0.5, 0.6) is 0 Å². The van der Waals surface area contributed by atoms with Crippen molar-refractivity contribution in [2.24, 2.45) is 11.8 Å². The van der Waals surface area contributed by atoms with E-state index in [2.05, 4.69) is 18.7 Å². The fraction of sp³-hybridized carbons (Fsp3) is 0.938. The van der Waals surface area contributed by atoms with E-state index >= 15 is 0 Å². The summed E-state index contributed by atoms with van der Waals surface area (Å²) in [6.07, 6.45) is 8.08. The smallest absolute Gasteiger partial charge is 0.323 e. The van der Waals surface area contributed by atoms with Crippen LogP contribution in [0.15, 0.2) is 0 Å². The lowest BCUT2D eigenvalue weighted by Crippen LogP contribution is -2.52. The third kappa shape index (κ3) is 2.96. The number of aliphatic carboxylic acids is 1. The van der Waals surface area contributed by atoms with Gasteiger partial charge in [0.1, 0.15) is 5.54 Å². The van der Waals surface area contributed by atoms with E-state index in [-0.39, 0.29) is 0 Å². The van der Waals surface area contributed by atoms with E-state index in [9.17, 15) is 9.90 Å². The quantitative estimate of drug-likeness (QED) is 0.795. The van der Waals surface area contributed by atoms with E-state index in [1.807, 2.05) is 6.92 Å². The molecule has 0 aromatic carbocycles. The molecule has 2 rings (SSSR count). The number of rotatable bonds is 3. The highest BCUT2D eigenvalue weighted by Crippen LogP contribution is 2.37. The minimum Gasteiger partial charge on any atom is -0.480 e. The van der Waals surface area contributed by atoms with E-state index in [0.717, 1.165) is 31.2 Å². The Morgan fingerprint density at radius 2 is 1.95 bits per heavy atom. The van der Waals surface area contributed by atoms with Crippen LogP contribution in [0.4, 0.5) is 0 Å². The minimum atomic E-state index is -0.630. The topological polar surface area (TPSA) is 40.5 Å². The van der Waals surface area contributed by atoms with Crippen molar-refractivity contribution >= 4 is 5.97 Å². The molecule has 1 saturated carbocycles. The standard InChI is InChI=1S/C16H29NO2/c1-12(2)13-6-4-7-14(9-8-13)17-11-5-10-16(17,3)15(18)19/h12-14H,4-11H2,1-3H3,(H,18,19). The maximum atomic E-state index is 11.6. The minimum absolute atomic E-state index is 0.493. The van der Waals surface area contributed by atoms with Crippen molar-refractivity contribution in [1.82, 2.24) is 4.90 Å². The molecular weight excluding hydrogens is 238 g/mol. The second kappa shape index (κ2) is 5.82. The van der Waals surface area contributed by atoms with Crippen LogP contribution in [0, 0.1) is 11.8 Å². The van der Waals surface area contributed by atoms with Gasteiger partial charge in [-0.1, -0.05) is 26.7 Å². The molecule has 1 aliphatic heterocycles. The highest BCUT2D eigenvalue weighted by Gasteiger charge is 2.46. The highest BCUT2D eigenvalue weighted by atomic mass is 16.4. The summed E-state index contributed by atoms with van der Waals surface area (Å²) in [5.41, 5.74) is -0.609. The zero-order valence-corrected chi connectivity index (χ0v) is 12.7. The van der Waals surface area contributed by atoms with Crippen molar-refractivity contribution in [2.45, 2.75) is 77.3 Å². The molecule has 19 heavy (non-hydrogen) atoms. The van der Waals surface area contributed by atoms with Crippen molar-refractivity contribution in [2.75, 3.05) is 6.54 Å². The van der Waals surface area contributed by atoms with Gasteiger partial charge in [-0.2, -0.15) is 0 Å². The number of carboxylic acids is 1. The Bertz CT molecular complexity index is 329. The normalized spacial score (nSPS) is 37.5. The molecule has 2 fully saturated rings. The molecule has 1 N–H and O–H groups in total. The van der Waals surface area contributed by atoms with Crippen molar-refractivity contribution in [3.63, 3.8) is 0 Å². The van der Waals surface area contributed by atoms with Gasteiger partial charge < -0.3 is 5.11 Å². The summed E-state index contributed by atoms with van der Waals surface area (Å²) in [5.74, 6) is 0.974. The van der Waals surface area contributed by atoms with Gasteiger partial charge in [0.05, 0.1) is 0 Å². The molecule has 110 valence electrons. The number of carbonyl (C=O) groups is 1. The molecule has 0 aromatic heterocycles. The summed E-state index contributed by atoms with van der Waals surface area (Å²) in [6.45, 7) is 7.54. The molecule has 0 aromatic rings. The van der Waals surface area contributed by atoms with Crippen LogP contribution in [-0.2, 0) is 4.79 Å². The van der Waals surface area contributed by atoms with Gasteiger partial charge in [-0.3, -0.25) is 9.69 Å². The third-order valence-corrected chi connectivity index (χ3v) is 5.52. The highest BCUT2D eigenvalue weighted by molar-refractivity contribution is 5.78. The van der Waals surface area contributed by atoms with Crippen LogP contribution in [-0.4, -0.2) is 34.1 Å². The van der Waals surface area contributed by atoms with E-state index in [1.165, 1.54) is 32.1 Å². The zero-order chi connectivity index (χ0) is 14.0. The van der Waals surface area contributed by atoms with Gasteiger partial charge >= 0.3 is 5.97 Å². The SMILES string of the molecule is CC(C)C1CCCC(N2CCCC2(C)C(=O)O)CC1. The molecule has 3 heteroatoms. The lowest BCUT2D eigenvalue weighted by Gasteiger charge is -2.37. The van der Waals surface area contributed by atoms with Crippen LogP contribution in [0.1, 0.15) is 65.7 Å². The summed E-state index contributed by atoms with van der Waals surface area (Å²) in [5, 5.41) is 9.54. The van der Waals surface area contributed by atoms with Gasteiger partial charge in [0, 0.05) is 6.04 Å². The van der Waals surface area contributed by atoms with E-state index in [1.54, 1.807) is 0 Å². The lowest BCUT2D eigenvalue weighted by molar-refractivity contribution is -0.150. The molecule has 3 unspecified atom stereocenters. The number of carboxylic acid groups (broad SMARTS) is 1. The fourth-order valence-corrected chi connectivity index (χ4v) is 4.09. The predicted octanol–water partition coefficient (Wildman–Crippen LogP) is 3.53. The molecule has 0 amide bonds. The molecule has 0 radical (unpaired) electrons. The van der Waals surface area contributed by atoms with Crippen LogP contribution < -0.4 is 0 Å². The molecule has 1 saturated heterocycles. The van der Waals surface area contributed by atoms with Gasteiger partial charge in [0.25, 0.3) is 0 Å². The molecule has 1 aliphatic carbocycles. The fourth-order valence-electron chi connectivity index (χ4n) is 4.09. The van der Waals surface area contributed by atoms with Gasteiger partial charge in [-0.15, -0.1) is 0 Å². The maximum absolute atomic E-state index is 11.6. The molecular formula is C16H29NO2. The predicted molar refractivity (Wildman–Crippen MR) is 77.2 cm³/mol. The van der Waals surface area contributed by atoms with Gasteiger partial charge in [0.15, 0.2) is 0 Å². The Morgan fingerprint density at radius 1 is 1.21 bits per heavy atom. The van der Waals surface area contributed by atoms with Crippen molar-refractivity contribution in [1.29, 1.82) is 0 Å². The van der Waals surface area contributed by atoms with Crippen LogP contribution in [0.25, 0.3) is 0 Å². The summed E-state index contributed by atoms with van der Waals surface area (Å²) in [4.78, 5) is 13.9. The summed E-state index contributed by atoms with van der Waals surface area (Å²) >= 11 is 0. The Kier molecular flexibility index (Phi) is 4.54. The Labute approximate surface area is 117 Å². The molecule has 3 nitrogen and oxygen atoms in total. The first-order valence-corrected chi connectivity index (χ1v) is 7.95. The van der Waals surface area contributed by atoms with Gasteiger partial charge in [0.2, 0.25) is 0 Å². The van der Waals surface area contributed by atoms with Gasteiger partial charge in [-0.05, 0) is 57.4 Å². The van der Waals surface area contributed by atoms with Crippen molar-refractivity contribution in [3.8, 4) is 0 Å². The van der Waals surface area contributed by atoms with E-state index < -0.39 is 11.5 Å². The molecule has 0 spiro atoms. The molecule has 0 bridgehead atoms. The van der Waals surface area contributed by atoms with E-state index in [0.29, 0.717) is 6.04 Å². The Hall–Kier alpha value is -0.570. The summed E-state index contributed by atoms with van der Waals surface area (Å²) in [6, 6.07) is 0.493. The average Bonchev–Trinajstić information content (AvgIpc) is 2.61. The van der Waals surface area contributed by atoms with E-state index in [4.69, 9.17) is 0 Å². The lowest BCUT2D eigenvalue weighted by atomic mass is 9.88. The summed E-state index contributed by atoms with van der Waals surface area (Å²) in [7, 11) is 0. The van der Waals surface area contributed by atoms with Crippen LogP contribution in [0.2, 0.25) is 0 Å². The van der Waals surface area contributed by atoms with Crippen LogP contribution in [0.3, 0.4) is 0 Å². The largest absolute Gasteiger partial charge is 0.480 e. The summed E-state index contributed by atoms with van der Waals surface area (Å²) < 4.78 is 0. The number of hydrogen-bond acceptors (Lipinski definition) is 2. The first kappa shape index (κ1) is 14.8. The molecule has 3 atom stereocenters. The monoisotopic (exact) mass is 267 g/mol. The zero-order valence-electron chi connectivity index (χ0n) is 12.7. The second-order valence-corrected chi connectivity index (χ2v) is 7.04. The van der Waals surface area contributed by atoms with Gasteiger partial charge in [-0.25, -0.2) is 0 Å². The maximum Gasteiger partial charge on any atom is 0.323 e. The molecule has 1 heterocycles. The number of hydrogen-bond donors (Lipinski definition) is 1. The number of nitrogens with zero attached hydrogens (tertiary/aromatic N) is 1. The third-order valence-electron chi connectivity index (χ3n) is 5.52.